The molecule has 1 heterocycles. The van der Waals surface area contributed by atoms with E-state index in [9.17, 15) is 14.0 Å². The summed E-state index contributed by atoms with van der Waals surface area (Å²) in [5.74, 6) is -1.37. The average Bonchev–Trinajstić information content (AvgIpc) is 3.10. The lowest BCUT2D eigenvalue weighted by molar-refractivity contribution is -0.142. The van der Waals surface area contributed by atoms with Gasteiger partial charge in [0.25, 0.3) is 0 Å². The molecule has 3 N–H and O–H groups in total. The minimum absolute atomic E-state index is 0.0787. The number of benzene rings is 1. The Balaban J connectivity index is 1.59. The Kier molecular flexibility index (Phi) is 5.35. The number of hydrogen-bond donors (Lipinski definition) is 3. The topological polar surface area (TPSA) is 120 Å². The molecular formula is C18H18FN5O3. The number of carboxylic acid groups (broad SMARTS) is 1. The molecule has 0 saturated heterocycles. The predicted octanol–water partition coefficient (Wildman–Crippen LogP) is 2.65. The van der Waals surface area contributed by atoms with Gasteiger partial charge in [0.2, 0.25) is 0 Å². The summed E-state index contributed by atoms with van der Waals surface area (Å²) < 4.78 is 14.6. The standard InChI is InChI=1S/C18H18FN5O3/c19-13-3-6-15(12(9-13)10-20)24-8-7-16(23-24)22-18(27)21-14-4-1-11(2-5-14)17(25)26/h3,6-9,11,14H,1-2,4-5H2,(H,25,26)(H2,21,22,23,27). The first-order valence-electron chi connectivity index (χ1n) is 8.52. The highest BCUT2D eigenvalue weighted by atomic mass is 19.1. The zero-order valence-electron chi connectivity index (χ0n) is 14.4. The molecule has 1 saturated carbocycles. The SMILES string of the molecule is N#Cc1cc(F)ccc1-n1ccc(NC(=O)NC2CCC(C(=O)O)CC2)n1. The fourth-order valence-corrected chi connectivity index (χ4v) is 3.14. The fourth-order valence-electron chi connectivity index (χ4n) is 3.14. The number of halogens is 1. The zero-order valence-corrected chi connectivity index (χ0v) is 14.4. The number of urea groups is 1. The molecule has 9 heteroatoms. The van der Waals surface area contributed by atoms with Crippen LogP contribution >= 0.6 is 0 Å². The van der Waals surface area contributed by atoms with Crippen LogP contribution in [0, 0.1) is 23.1 Å². The molecule has 2 aromatic rings. The number of nitriles is 1. The van der Waals surface area contributed by atoms with E-state index in [4.69, 9.17) is 10.4 Å². The van der Waals surface area contributed by atoms with Crippen LogP contribution in [0.5, 0.6) is 0 Å². The number of carbonyl (C=O) groups is 2. The Morgan fingerprint density at radius 1 is 1.26 bits per heavy atom. The monoisotopic (exact) mass is 371 g/mol. The molecule has 1 aromatic carbocycles. The van der Waals surface area contributed by atoms with Gasteiger partial charge in [-0.15, -0.1) is 5.10 Å². The van der Waals surface area contributed by atoms with Gasteiger partial charge in [-0.05, 0) is 43.9 Å². The van der Waals surface area contributed by atoms with Crippen LogP contribution in [0.4, 0.5) is 15.0 Å². The molecule has 2 amide bonds. The summed E-state index contributed by atoms with van der Waals surface area (Å²) in [5, 5.41) is 27.7. The third-order valence-corrected chi connectivity index (χ3v) is 4.57. The molecular weight excluding hydrogens is 353 g/mol. The molecule has 140 valence electrons. The number of carbonyl (C=O) groups excluding carboxylic acids is 1. The number of aliphatic carboxylic acids is 1. The van der Waals surface area contributed by atoms with Crippen molar-refractivity contribution in [3.63, 3.8) is 0 Å². The maximum absolute atomic E-state index is 13.2. The first-order chi connectivity index (χ1) is 13.0. The van der Waals surface area contributed by atoms with Crippen LogP contribution in [0.2, 0.25) is 0 Å². The van der Waals surface area contributed by atoms with Crippen molar-refractivity contribution in [3.05, 3.63) is 41.8 Å². The molecule has 3 rings (SSSR count). The van der Waals surface area contributed by atoms with Crippen molar-refractivity contribution in [2.24, 2.45) is 5.92 Å². The second kappa shape index (κ2) is 7.86. The number of aromatic nitrogens is 2. The summed E-state index contributed by atoms with van der Waals surface area (Å²) in [5.41, 5.74) is 0.531. The van der Waals surface area contributed by atoms with E-state index in [-0.39, 0.29) is 23.3 Å². The van der Waals surface area contributed by atoms with Gasteiger partial charge in [-0.2, -0.15) is 5.26 Å². The number of rotatable bonds is 4. The molecule has 1 aliphatic rings. The van der Waals surface area contributed by atoms with Crippen LogP contribution in [0.25, 0.3) is 5.69 Å². The van der Waals surface area contributed by atoms with Crippen molar-refractivity contribution in [1.82, 2.24) is 15.1 Å². The van der Waals surface area contributed by atoms with Gasteiger partial charge in [0.1, 0.15) is 11.9 Å². The lowest BCUT2D eigenvalue weighted by atomic mass is 9.86. The third kappa shape index (κ3) is 4.41. The van der Waals surface area contributed by atoms with Gasteiger partial charge in [-0.1, -0.05) is 0 Å². The number of nitrogens with one attached hydrogen (secondary N) is 2. The Hall–Kier alpha value is -3.41. The van der Waals surface area contributed by atoms with Crippen molar-refractivity contribution in [2.75, 3.05) is 5.32 Å². The molecule has 0 aliphatic heterocycles. The van der Waals surface area contributed by atoms with Crippen LogP contribution < -0.4 is 10.6 Å². The molecule has 1 aromatic heterocycles. The Bertz CT molecular complexity index is 897. The number of hydrogen-bond acceptors (Lipinski definition) is 4. The highest BCUT2D eigenvalue weighted by Gasteiger charge is 2.26. The first kappa shape index (κ1) is 18.4. The predicted molar refractivity (Wildman–Crippen MR) is 93.8 cm³/mol. The smallest absolute Gasteiger partial charge is 0.320 e. The second-order valence-corrected chi connectivity index (χ2v) is 6.40. The molecule has 0 spiro atoms. The van der Waals surface area contributed by atoms with E-state index in [2.05, 4.69) is 15.7 Å². The maximum atomic E-state index is 13.2. The molecule has 27 heavy (non-hydrogen) atoms. The van der Waals surface area contributed by atoms with Gasteiger partial charge in [0.05, 0.1) is 17.2 Å². The Morgan fingerprint density at radius 2 is 2.00 bits per heavy atom. The molecule has 0 atom stereocenters. The molecule has 1 fully saturated rings. The van der Waals surface area contributed by atoms with Crippen molar-refractivity contribution in [3.8, 4) is 11.8 Å². The van der Waals surface area contributed by atoms with Crippen LogP contribution in [-0.4, -0.2) is 32.9 Å². The summed E-state index contributed by atoms with van der Waals surface area (Å²) in [6, 6.07) is 6.74. The van der Waals surface area contributed by atoms with E-state index < -0.39 is 17.8 Å². The van der Waals surface area contributed by atoms with Crippen molar-refractivity contribution < 1.29 is 19.1 Å². The Labute approximate surface area is 154 Å². The third-order valence-electron chi connectivity index (χ3n) is 4.57. The zero-order chi connectivity index (χ0) is 19.4. The van der Waals surface area contributed by atoms with E-state index in [1.54, 1.807) is 12.3 Å². The van der Waals surface area contributed by atoms with Gasteiger partial charge in [-0.25, -0.2) is 13.9 Å². The number of carboxylic acids is 1. The molecule has 0 unspecified atom stereocenters. The van der Waals surface area contributed by atoms with Crippen molar-refractivity contribution in [1.29, 1.82) is 5.26 Å². The first-order valence-corrected chi connectivity index (χ1v) is 8.52. The van der Waals surface area contributed by atoms with E-state index in [1.165, 1.54) is 16.8 Å². The summed E-state index contributed by atoms with van der Waals surface area (Å²) in [7, 11) is 0. The lowest BCUT2D eigenvalue weighted by Gasteiger charge is -2.26. The van der Waals surface area contributed by atoms with Gasteiger partial charge < -0.3 is 10.4 Å². The van der Waals surface area contributed by atoms with E-state index in [0.29, 0.717) is 31.4 Å². The van der Waals surface area contributed by atoms with E-state index in [0.717, 1.165) is 6.07 Å². The van der Waals surface area contributed by atoms with Crippen LogP contribution in [0.15, 0.2) is 30.5 Å². The summed E-state index contributed by atoms with van der Waals surface area (Å²) in [6.45, 7) is 0. The average molecular weight is 371 g/mol. The minimum Gasteiger partial charge on any atom is -0.481 e. The summed E-state index contributed by atoms with van der Waals surface area (Å²) >= 11 is 0. The quantitative estimate of drug-likeness (QED) is 0.763. The number of nitrogens with zero attached hydrogens (tertiary/aromatic N) is 3. The molecule has 0 radical (unpaired) electrons. The number of anilines is 1. The lowest BCUT2D eigenvalue weighted by Crippen LogP contribution is -2.41. The van der Waals surface area contributed by atoms with E-state index >= 15 is 0 Å². The van der Waals surface area contributed by atoms with Crippen LogP contribution in [-0.2, 0) is 4.79 Å². The maximum Gasteiger partial charge on any atom is 0.320 e. The van der Waals surface area contributed by atoms with Gasteiger partial charge in [0.15, 0.2) is 5.82 Å². The van der Waals surface area contributed by atoms with Crippen molar-refractivity contribution in [2.45, 2.75) is 31.7 Å². The highest BCUT2D eigenvalue weighted by molar-refractivity contribution is 5.88. The second-order valence-electron chi connectivity index (χ2n) is 6.40. The molecule has 0 bridgehead atoms. The highest BCUT2D eigenvalue weighted by Crippen LogP contribution is 2.24. The summed E-state index contributed by atoms with van der Waals surface area (Å²) in [6.07, 6.45) is 3.86. The van der Waals surface area contributed by atoms with Gasteiger partial charge in [-0.3, -0.25) is 10.1 Å². The largest absolute Gasteiger partial charge is 0.481 e. The number of amides is 2. The van der Waals surface area contributed by atoms with Crippen LogP contribution in [0.1, 0.15) is 31.2 Å². The van der Waals surface area contributed by atoms with Crippen molar-refractivity contribution >= 4 is 17.8 Å². The van der Waals surface area contributed by atoms with E-state index in [1.807, 2.05) is 6.07 Å². The fraction of sp³-hybridized carbons (Fsp3) is 0.333. The minimum atomic E-state index is -0.791. The summed E-state index contributed by atoms with van der Waals surface area (Å²) in [4.78, 5) is 23.1. The van der Waals surface area contributed by atoms with Gasteiger partial charge in [0, 0.05) is 18.3 Å². The molecule has 1 aliphatic carbocycles. The van der Waals surface area contributed by atoms with Crippen LogP contribution in [0.3, 0.4) is 0 Å². The molecule has 8 nitrogen and oxygen atoms in total. The normalized spacial score (nSPS) is 19.1. The van der Waals surface area contributed by atoms with Gasteiger partial charge >= 0.3 is 12.0 Å². The Morgan fingerprint density at radius 3 is 2.67 bits per heavy atom.